The molecule has 1 aliphatic heterocycles. The highest BCUT2D eigenvalue weighted by atomic mass is 35.5. The lowest BCUT2D eigenvalue weighted by Crippen LogP contribution is -2.46. The van der Waals surface area contributed by atoms with E-state index >= 15 is 0 Å². The molecule has 2 aromatic rings. The molecule has 7 nitrogen and oxygen atoms in total. The number of amides is 1. The van der Waals surface area contributed by atoms with Crippen LogP contribution in [0.4, 0.5) is 18.0 Å². The highest BCUT2D eigenvalue weighted by Gasteiger charge is 2.36. The molecule has 3 heterocycles. The fraction of sp³-hybridized carbons (Fsp3) is 0.571. The highest BCUT2D eigenvalue weighted by Crippen LogP contribution is 2.35. The molecule has 32 heavy (non-hydrogen) atoms. The maximum Gasteiger partial charge on any atom is 0.433 e. The summed E-state index contributed by atoms with van der Waals surface area (Å²) in [5.41, 5.74) is -1.03. The Morgan fingerprint density at radius 1 is 1.34 bits per heavy atom. The first kappa shape index (κ1) is 24.3. The number of nitrogens with zero attached hydrogens (tertiary/aromatic N) is 4. The summed E-state index contributed by atoms with van der Waals surface area (Å²) in [6.45, 7) is 6.05. The minimum atomic E-state index is -4.57. The molecule has 2 atom stereocenters. The third kappa shape index (κ3) is 5.72. The second-order valence-electron chi connectivity index (χ2n) is 8.67. The average Bonchev–Trinajstić information content (AvgIpc) is 3.10. The van der Waals surface area contributed by atoms with E-state index in [0.717, 1.165) is 12.3 Å². The molecule has 0 bridgehead atoms. The number of aliphatic hydroxyl groups excluding tert-OH is 1. The molecular formula is C21H26ClF3N4O3. The number of ether oxygens (including phenoxy) is 1. The number of piperidine rings is 1. The van der Waals surface area contributed by atoms with Gasteiger partial charge < -0.3 is 19.3 Å². The molecule has 2 unspecified atom stereocenters. The van der Waals surface area contributed by atoms with Crippen molar-refractivity contribution in [1.29, 1.82) is 0 Å². The fourth-order valence-corrected chi connectivity index (χ4v) is 3.99. The zero-order valence-electron chi connectivity index (χ0n) is 18.1. The first-order chi connectivity index (χ1) is 14.9. The van der Waals surface area contributed by atoms with Gasteiger partial charge in [-0.05, 0) is 39.3 Å². The third-order valence-electron chi connectivity index (χ3n) is 5.02. The summed E-state index contributed by atoms with van der Waals surface area (Å²) in [5, 5.41) is 8.97. The lowest BCUT2D eigenvalue weighted by Gasteiger charge is -2.36. The predicted molar refractivity (Wildman–Crippen MR) is 112 cm³/mol. The molecule has 0 aliphatic carbocycles. The van der Waals surface area contributed by atoms with Crippen molar-refractivity contribution in [3.05, 3.63) is 36.0 Å². The van der Waals surface area contributed by atoms with Crippen molar-refractivity contribution in [3.8, 4) is 11.3 Å². The van der Waals surface area contributed by atoms with E-state index in [0.29, 0.717) is 24.5 Å². The Bertz CT molecular complexity index is 958. The van der Waals surface area contributed by atoms with E-state index in [4.69, 9.17) is 16.3 Å². The average molecular weight is 475 g/mol. The summed E-state index contributed by atoms with van der Waals surface area (Å²) >= 11 is 6.62. The summed E-state index contributed by atoms with van der Waals surface area (Å²) in [6.07, 6.45) is -1.82. The van der Waals surface area contributed by atoms with Crippen molar-refractivity contribution in [1.82, 2.24) is 19.4 Å². The summed E-state index contributed by atoms with van der Waals surface area (Å²) < 4.78 is 46.3. The lowest BCUT2D eigenvalue weighted by atomic mass is 9.95. The predicted octanol–water partition coefficient (Wildman–Crippen LogP) is 4.29. The molecule has 176 valence electrons. The number of alkyl halides is 4. The van der Waals surface area contributed by atoms with E-state index in [9.17, 15) is 23.1 Å². The molecule has 1 aliphatic rings. The number of pyridine rings is 1. The van der Waals surface area contributed by atoms with Crippen LogP contribution in [0.5, 0.6) is 0 Å². The summed E-state index contributed by atoms with van der Waals surface area (Å²) in [4.78, 5) is 21.9. The summed E-state index contributed by atoms with van der Waals surface area (Å²) in [7, 11) is 0. The second kappa shape index (κ2) is 9.27. The van der Waals surface area contributed by atoms with E-state index in [1.807, 2.05) is 0 Å². The first-order valence-corrected chi connectivity index (χ1v) is 10.7. The molecule has 2 aromatic heterocycles. The summed E-state index contributed by atoms with van der Waals surface area (Å²) in [5.74, 6) is 0.308. The van der Waals surface area contributed by atoms with Gasteiger partial charge in [-0.25, -0.2) is 9.78 Å². The van der Waals surface area contributed by atoms with Crippen LogP contribution in [0.15, 0.2) is 24.5 Å². The van der Waals surface area contributed by atoms with Gasteiger partial charge in [0.1, 0.15) is 17.1 Å². The Kier molecular flexibility index (Phi) is 7.04. The van der Waals surface area contributed by atoms with Gasteiger partial charge in [-0.15, -0.1) is 11.6 Å². The number of aromatic nitrogens is 3. The first-order valence-electron chi connectivity index (χ1n) is 10.2. The maximum atomic E-state index is 13.1. The fourth-order valence-electron chi connectivity index (χ4n) is 3.58. The minimum Gasteiger partial charge on any atom is -0.444 e. The van der Waals surface area contributed by atoms with Crippen LogP contribution < -0.4 is 0 Å². The Balaban J connectivity index is 1.84. The van der Waals surface area contributed by atoms with Crippen LogP contribution in [0.1, 0.15) is 44.6 Å². The molecular weight excluding hydrogens is 449 g/mol. The lowest BCUT2D eigenvalue weighted by molar-refractivity contribution is -0.141. The Labute approximate surface area is 189 Å². The van der Waals surface area contributed by atoms with Crippen LogP contribution in [-0.2, 0) is 17.5 Å². The Morgan fingerprint density at radius 3 is 2.66 bits per heavy atom. The van der Waals surface area contributed by atoms with Crippen LogP contribution in [0.25, 0.3) is 11.3 Å². The van der Waals surface area contributed by atoms with E-state index in [1.54, 1.807) is 31.5 Å². The number of likely N-dealkylation sites (tertiary alicyclic amines) is 1. The highest BCUT2D eigenvalue weighted by molar-refractivity contribution is 6.21. The van der Waals surface area contributed by atoms with Crippen LogP contribution >= 0.6 is 11.6 Å². The van der Waals surface area contributed by atoms with Crippen LogP contribution in [-0.4, -0.2) is 61.3 Å². The number of hydrogen-bond donors (Lipinski definition) is 1. The number of hydrogen-bond acceptors (Lipinski definition) is 5. The molecule has 0 radical (unpaired) electrons. The van der Waals surface area contributed by atoms with Gasteiger partial charge in [0, 0.05) is 43.5 Å². The Morgan fingerprint density at radius 2 is 2.06 bits per heavy atom. The van der Waals surface area contributed by atoms with Crippen molar-refractivity contribution in [2.45, 2.75) is 56.8 Å². The molecule has 1 amide bonds. The zero-order chi connectivity index (χ0) is 23.7. The van der Waals surface area contributed by atoms with E-state index in [2.05, 4.69) is 9.97 Å². The zero-order valence-corrected chi connectivity index (χ0v) is 18.8. The Hall–Kier alpha value is -2.33. The van der Waals surface area contributed by atoms with Gasteiger partial charge in [0.15, 0.2) is 0 Å². The van der Waals surface area contributed by atoms with Crippen LogP contribution in [0.2, 0.25) is 0 Å². The van der Waals surface area contributed by atoms with Gasteiger partial charge in [-0.1, -0.05) is 0 Å². The number of carbonyl (C=O) groups is 1. The van der Waals surface area contributed by atoms with Gasteiger partial charge in [0.25, 0.3) is 0 Å². The number of aliphatic hydroxyl groups is 1. The van der Waals surface area contributed by atoms with Crippen molar-refractivity contribution in [3.63, 3.8) is 0 Å². The van der Waals surface area contributed by atoms with E-state index in [1.165, 1.54) is 11.0 Å². The van der Waals surface area contributed by atoms with Gasteiger partial charge >= 0.3 is 12.3 Å². The number of imidazole rings is 1. The normalized spacial score (nSPS) is 19.8. The van der Waals surface area contributed by atoms with Crippen molar-refractivity contribution >= 4 is 17.7 Å². The smallest absolute Gasteiger partial charge is 0.433 e. The van der Waals surface area contributed by atoms with Gasteiger partial charge in [-0.2, -0.15) is 13.2 Å². The van der Waals surface area contributed by atoms with Gasteiger partial charge in [0.2, 0.25) is 0 Å². The molecule has 1 N–H and O–H groups in total. The number of carbonyl (C=O) groups excluding carboxylic acids is 1. The number of rotatable bonds is 4. The minimum absolute atomic E-state index is 0.170. The molecule has 3 rings (SSSR count). The SMILES string of the molecule is CC(C)(C)OC(=O)N1CCC(c2nc(-c3ccnc(C(F)(F)F)c3)cn2CCO)C(Cl)C1. The van der Waals surface area contributed by atoms with Gasteiger partial charge in [0.05, 0.1) is 17.7 Å². The topological polar surface area (TPSA) is 80.5 Å². The molecule has 11 heteroatoms. The molecule has 0 aromatic carbocycles. The second-order valence-corrected chi connectivity index (χ2v) is 9.23. The van der Waals surface area contributed by atoms with E-state index < -0.39 is 28.9 Å². The van der Waals surface area contributed by atoms with Crippen molar-refractivity contribution in [2.75, 3.05) is 19.7 Å². The van der Waals surface area contributed by atoms with Crippen LogP contribution in [0.3, 0.4) is 0 Å². The number of halogens is 4. The quantitative estimate of drug-likeness (QED) is 0.669. The van der Waals surface area contributed by atoms with Gasteiger partial charge in [-0.3, -0.25) is 4.98 Å². The van der Waals surface area contributed by atoms with Crippen molar-refractivity contribution < 1.29 is 27.8 Å². The molecule has 0 spiro atoms. The third-order valence-corrected chi connectivity index (χ3v) is 5.46. The molecule has 1 saturated heterocycles. The van der Waals surface area contributed by atoms with Crippen molar-refractivity contribution in [2.24, 2.45) is 0 Å². The van der Waals surface area contributed by atoms with Crippen LogP contribution in [0, 0.1) is 0 Å². The van der Waals surface area contributed by atoms with E-state index in [-0.39, 0.29) is 31.2 Å². The molecule has 0 saturated carbocycles. The largest absolute Gasteiger partial charge is 0.444 e. The monoisotopic (exact) mass is 474 g/mol. The standard InChI is InChI=1S/C21H26ClF3N4O3/c1-20(2,3)32-19(31)29-7-5-14(15(22)11-29)18-27-16(12-28(18)8-9-30)13-4-6-26-17(10-13)21(23,24)25/h4,6,10,12,14-15,30H,5,7-9,11H2,1-3H3. The summed E-state index contributed by atoms with van der Waals surface area (Å²) in [6, 6.07) is 2.40. The molecule has 1 fully saturated rings. The maximum absolute atomic E-state index is 13.1.